The summed E-state index contributed by atoms with van der Waals surface area (Å²) in [6.07, 6.45) is 10.5. The number of unbranched alkanes of at least 4 members (excludes halogenated alkanes) is 5. The molecule has 0 fully saturated rings. The van der Waals surface area contributed by atoms with Gasteiger partial charge in [-0.15, -0.1) is 0 Å². The molecule has 0 unspecified atom stereocenters. The molecule has 0 bridgehead atoms. The molecular formula is C19H35NO6. The summed E-state index contributed by atoms with van der Waals surface area (Å²) in [6, 6.07) is 0. The molecule has 0 saturated carbocycles. The lowest BCUT2D eigenvalue weighted by Gasteiger charge is -2.01. The number of hydrogen-bond donors (Lipinski definition) is 3. The van der Waals surface area contributed by atoms with Gasteiger partial charge in [-0.2, -0.15) is 0 Å². The van der Waals surface area contributed by atoms with Crippen LogP contribution < -0.4 is 5.73 Å². The van der Waals surface area contributed by atoms with Gasteiger partial charge < -0.3 is 25.4 Å². The van der Waals surface area contributed by atoms with E-state index in [1.807, 2.05) is 0 Å². The lowest BCUT2D eigenvalue weighted by Crippen LogP contribution is -2.11. The third-order valence-corrected chi connectivity index (χ3v) is 3.17. The molecule has 0 aliphatic carbocycles. The minimum absolute atomic E-state index is 0.111. The van der Waals surface area contributed by atoms with E-state index in [4.69, 9.17) is 20.7 Å². The standard InChI is InChI=1S/C11H20O2.C8H15NO4/c1-3-5-6-7-8-9-10-13-11(12)4-2;9-4-2-6-13-8(12)7(11)3-1-5-10/h4H,2-3,5-10H2,1H3;3,10-11H,1-2,4-6,9H2. The zero-order chi connectivity index (χ0) is 20.0. The number of rotatable bonds is 14. The molecule has 0 aromatic heterocycles. The smallest absolute Gasteiger partial charge is 0.373 e. The topological polar surface area (TPSA) is 119 Å². The Morgan fingerprint density at radius 1 is 1.04 bits per heavy atom. The second kappa shape index (κ2) is 21.2. The number of aliphatic hydroxyl groups excluding tert-OH is 2. The Hall–Kier alpha value is -1.86. The molecule has 0 atom stereocenters. The Morgan fingerprint density at radius 3 is 2.23 bits per heavy atom. The van der Waals surface area contributed by atoms with E-state index >= 15 is 0 Å². The number of carbonyl (C=O) groups excluding carboxylic acids is 2. The van der Waals surface area contributed by atoms with Crippen LogP contribution in [-0.2, 0) is 19.1 Å². The van der Waals surface area contributed by atoms with E-state index in [9.17, 15) is 9.59 Å². The summed E-state index contributed by atoms with van der Waals surface area (Å²) in [6.45, 7) is 6.59. The maximum Gasteiger partial charge on any atom is 0.373 e. The van der Waals surface area contributed by atoms with Gasteiger partial charge in [0.15, 0.2) is 5.76 Å². The van der Waals surface area contributed by atoms with Crippen LogP contribution in [-0.4, -0.2) is 48.5 Å². The SMILES string of the molecule is C=CC(=O)OCCCCCCCC.NCCCOC(=O)C(O)=CCCO. The molecular weight excluding hydrogens is 338 g/mol. The molecule has 0 saturated heterocycles. The van der Waals surface area contributed by atoms with Gasteiger partial charge in [-0.1, -0.05) is 45.6 Å². The molecule has 152 valence electrons. The van der Waals surface area contributed by atoms with E-state index in [0.717, 1.165) is 12.8 Å². The molecule has 0 rings (SSSR count). The Kier molecular flexibility index (Phi) is 21.5. The van der Waals surface area contributed by atoms with Crippen LogP contribution >= 0.6 is 0 Å². The van der Waals surface area contributed by atoms with Gasteiger partial charge in [-0.3, -0.25) is 0 Å². The first kappa shape index (κ1) is 26.4. The molecule has 4 N–H and O–H groups in total. The zero-order valence-electron chi connectivity index (χ0n) is 16.0. The van der Waals surface area contributed by atoms with E-state index in [2.05, 4.69) is 18.2 Å². The normalized spacial score (nSPS) is 10.5. The number of hydrogen-bond acceptors (Lipinski definition) is 7. The number of carbonyl (C=O) groups is 2. The summed E-state index contributed by atoms with van der Waals surface area (Å²) < 4.78 is 9.46. The fraction of sp³-hybridized carbons (Fsp3) is 0.684. The Morgan fingerprint density at radius 2 is 1.65 bits per heavy atom. The van der Waals surface area contributed by atoms with Gasteiger partial charge in [0, 0.05) is 12.7 Å². The minimum atomic E-state index is -0.776. The molecule has 0 amide bonds. The fourth-order valence-corrected chi connectivity index (χ4v) is 1.72. The average Bonchev–Trinajstić information content (AvgIpc) is 2.65. The van der Waals surface area contributed by atoms with E-state index in [0.29, 0.717) is 19.6 Å². The summed E-state index contributed by atoms with van der Waals surface area (Å²) in [5.74, 6) is -1.55. The van der Waals surface area contributed by atoms with Crippen molar-refractivity contribution in [3.05, 3.63) is 24.5 Å². The molecule has 0 aliphatic heterocycles. The van der Waals surface area contributed by atoms with Gasteiger partial charge in [-0.05, 0) is 31.9 Å². The summed E-state index contributed by atoms with van der Waals surface area (Å²) in [7, 11) is 0. The molecule has 0 spiro atoms. The van der Waals surface area contributed by atoms with Crippen LogP contribution in [0.15, 0.2) is 24.5 Å². The van der Waals surface area contributed by atoms with Gasteiger partial charge in [-0.25, -0.2) is 9.59 Å². The summed E-state index contributed by atoms with van der Waals surface area (Å²) in [5.41, 5.74) is 5.17. The predicted molar refractivity (Wildman–Crippen MR) is 102 cm³/mol. The van der Waals surface area contributed by atoms with Crippen molar-refractivity contribution in [1.29, 1.82) is 0 Å². The summed E-state index contributed by atoms with van der Waals surface area (Å²) in [5, 5.41) is 17.4. The monoisotopic (exact) mass is 373 g/mol. The van der Waals surface area contributed by atoms with Gasteiger partial charge in [0.1, 0.15) is 0 Å². The molecule has 7 nitrogen and oxygen atoms in total. The van der Waals surface area contributed by atoms with E-state index in [1.54, 1.807) is 0 Å². The highest BCUT2D eigenvalue weighted by atomic mass is 16.5. The lowest BCUT2D eigenvalue weighted by molar-refractivity contribution is -0.142. The molecule has 0 heterocycles. The second-order valence-corrected chi connectivity index (χ2v) is 5.52. The van der Waals surface area contributed by atoms with Crippen molar-refractivity contribution >= 4 is 11.9 Å². The minimum Gasteiger partial charge on any atom is -0.502 e. The largest absolute Gasteiger partial charge is 0.502 e. The molecule has 26 heavy (non-hydrogen) atoms. The molecule has 0 aromatic rings. The Balaban J connectivity index is 0. The lowest BCUT2D eigenvalue weighted by atomic mass is 10.1. The number of ether oxygens (including phenoxy) is 2. The van der Waals surface area contributed by atoms with E-state index in [1.165, 1.54) is 37.8 Å². The highest BCUT2D eigenvalue weighted by Gasteiger charge is 2.07. The molecule has 0 aromatic carbocycles. The number of esters is 2. The summed E-state index contributed by atoms with van der Waals surface area (Å²) in [4.78, 5) is 21.5. The molecule has 7 heteroatoms. The van der Waals surface area contributed by atoms with Crippen LogP contribution in [0, 0.1) is 0 Å². The first-order chi connectivity index (χ1) is 12.5. The summed E-state index contributed by atoms with van der Waals surface area (Å²) >= 11 is 0. The van der Waals surface area contributed by atoms with E-state index < -0.39 is 11.7 Å². The first-order valence-electron chi connectivity index (χ1n) is 9.19. The molecule has 0 radical (unpaired) electrons. The van der Waals surface area contributed by atoms with Crippen LogP contribution in [0.5, 0.6) is 0 Å². The van der Waals surface area contributed by atoms with Crippen LogP contribution in [0.1, 0.15) is 58.3 Å². The number of aliphatic hydroxyl groups is 2. The van der Waals surface area contributed by atoms with Gasteiger partial charge in [0.2, 0.25) is 0 Å². The zero-order valence-corrected chi connectivity index (χ0v) is 16.0. The fourth-order valence-electron chi connectivity index (χ4n) is 1.72. The van der Waals surface area contributed by atoms with Gasteiger partial charge in [0.05, 0.1) is 13.2 Å². The van der Waals surface area contributed by atoms with Crippen molar-refractivity contribution in [1.82, 2.24) is 0 Å². The third-order valence-electron chi connectivity index (χ3n) is 3.17. The van der Waals surface area contributed by atoms with Crippen molar-refractivity contribution in [2.45, 2.75) is 58.3 Å². The number of nitrogens with two attached hydrogens (primary N) is 1. The predicted octanol–water partition coefficient (Wildman–Crippen LogP) is 2.78. The van der Waals surface area contributed by atoms with Crippen molar-refractivity contribution in [2.75, 3.05) is 26.4 Å². The average molecular weight is 373 g/mol. The van der Waals surface area contributed by atoms with Gasteiger partial charge in [0.25, 0.3) is 0 Å². The third kappa shape index (κ3) is 20.2. The van der Waals surface area contributed by atoms with Crippen LogP contribution in [0.3, 0.4) is 0 Å². The highest BCUT2D eigenvalue weighted by molar-refractivity contribution is 5.85. The maximum atomic E-state index is 10.9. The van der Waals surface area contributed by atoms with E-state index in [-0.39, 0.29) is 25.6 Å². The Bertz CT molecular complexity index is 395. The van der Waals surface area contributed by atoms with Crippen molar-refractivity contribution in [3.8, 4) is 0 Å². The van der Waals surface area contributed by atoms with Crippen LogP contribution in [0.25, 0.3) is 0 Å². The van der Waals surface area contributed by atoms with Crippen molar-refractivity contribution in [2.24, 2.45) is 5.73 Å². The van der Waals surface area contributed by atoms with Crippen LogP contribution in [0.4, 0.5) is 0 Å². The molecule has 0 aliphatic rings. The Labute approximate surface area is 156 Å². The second-order valence-electron chi connectivity index (χ2n) is 5.52. The van der Waals surface area contributed by atoms with Crippen molar-refractivity contribution in [3.63, 3.8) is 0 Å². The van der Waals surface area contributed by atoms with Crippen LogP contribution in [0.2, 0.25) is 0 Å². The quantitative estimate of drug-likeness (QED) is 0.185. The van der Waals surface area contributed by atoms with Crippen molar-refractivity contribution < 1.29 is 29.3 Å². The highest BCUT2D eigenvalue weighted by Crippen LogP contribution is 2.04. The first-order valence-corrected chi connectivity index (χ1v) is 9.19. The van der Waals surface area contributed by atoms with Gasteiger partial charge >= 0.3 is 11.9 Å². The maximum absolute atomic E-state index is 10.9.